The number of hydrogen-bond donors (Lipinski definition) is 0. The van der Waals surface area contributed by atoms with E-state index < -0.39 is 0 Å². The summed E-state index contributed by atoms with van der Waals surface area (Å²) in [5.74, 6) is 1.48. The maximum absolute atomic E-state index is 10.4. The Hall–Kier alpha value is -1.05. The third-order valence-electron chi connectivity index (χ3n) is 1.77. The van der Waals surface area contributed by atoms with Crippen LogP contribution >= 0.6 is 0 Å². The third-order valence-corrected chi connectivity index (χ3v) is 1.77. The molecule has 1 aromatic rings. The molecule has 1 heterocycles. The summed E-state index contributed by atoms with van der Waals surface area (Å²) in [6.45, 7) is 7.90. The average Bonchev–Trinajstić information content (AvgIpc) is 2.29. The van der Waals surface area contributed by atoms with Gasteiger partial charge in [-0.2, -0.15) is 0 Å². The zero-order valence-electron chi connectivity index (χ0n) is 7.89. The van der Waals surface area contributed by atoms with Crippen LogP contribution in [0.2, 0.25) is 0 Å². The van der Waals surface area contributed by atoms with Crippen molar-refractivity contribution in [3.8, 4) is 0 Å². The number of rotatable bonds is 1. The summed E-state index contributed by atoms with van der Waals surface area (Å²) in [6.07, 6.45) is 1.84. The van der Waals surface area contributed by atoms with Crippen molar-refractivity contribution in [1.29, 1.82) is 0 Å². The second kappa shape index (κ2) is 2.77. The van der Waals surface area contributed by atoms with E-state index >= 15 is 0 Å². The minimum absolute atomic E-state index is 0.0418. The fourth-order valence-electron chi connectivity index (χ4n) is 0.953. The number of aryl methyl sites for hydroxylation is 1. The van der Waals surface area contributed by atoms with Crippen molar-refractivity contribution in [2.24, 2.45) is 0 Å². The van der Waals surface area contributed by atoms with Gasteiger partial charge in [0.2, 0.25) is 6.29 Å². The van der Waals surface area contributed by atoms with Crippen molar-refractivity contribution < 1.29 is 9.21 Å². The molecular formula is C10H13O2. The smallest absolute Gasteiger partial charge is 0.237 e. The molecule has 0 bridgehead atoms. The molecule has 0 saturated heterocycles. The van der Waals surface area contributed by atoms with Crippen LogP contribution in [0.4, 0.5) is 0 Å². The molecule has 12 heavy (non-hydrogen) atoms. The number of hydrogen-bond acceptors (Lipinski definition) is 2. The molecule has 0 aliphatic carbocycles. The zero-order chi connectivity index (χ0) is 9.35. The van der Waals surface area contributed by atoms with Gasteiger partial charge >= 0.3 is 0 Å². The summed E-state index contributed by atoms with van der Waals surface area (Å²) in [6, 6.07) is 1.75. The second-order valence-electron chi connectivity index (χ2n) is 3.93. The predicted molar refractivity (Wildman–Crippen MR) is 46.9 cm³/mol. The molecule has 0 aliphatic heterocycles. The maximum atomic E-state index is 10.4. The standard InChI is InChI=1S/C10H13O2/c1-7-8(6-11)5-9(12-7)10(2,3)4/h5H,1-4H3. The van der Waals surface area contributed by atoms with Gasteiger partial charge < -0.3 is 4.42 Å². The van der Waals surface area contributed by atoms with Gasteiger partial charge in [0.15, 0.2) is 0 Å². The Balaban J connectivity index is 3.13. The Morgan fingerprint density at radius 2 is 2.00 bits per heavy atom. The molecule has 2 heteroatoms. The Bertz CT molecular complexity index is 289. The molecule has 1 rings (SSSR count). The van der Waals surface area contributed by atoms with Gasteiger partial charge in [-0.15, -0.1) is 0 Å². The lowest BCUT2D eigenvalue weighted by atomic mass is 9.93. The molecule has 0 spiro atoms. The molecule has 2 nitrogen and oxygen atoms in total. The Labute approximate surface area is 72.6 Å². The number of carbonyl (C=O) groups excluding carboxylic acids is 1. The highest BCUT2D eigenvalue weighted by molar-refractivity contribution is 5.76. The van der Waals surface area contributed by atoms with Crippen LogP contribution in [0.25, 0.3) is 0 Å². The summed E-state index contributed by atoms with van der Waals surface area (Å²) in [5, 5.41) is 0. The minimum Gasteiger partial charge on any atom is -0.465 e. The molecule has 0 aliphatic rings. The Morgan fingerprint density at radius 3 is 2.25 bits per heavy atom. The number of furan rings is 1. The maximum Gasteiger partial charge on any atom is 0.237 e. The van der Waals surface area contributed by atoms with E-state index in [1.807, 2.05) is 27.1 Å². The lowest BCUT2D eigenvalue weighted by Crippen LogP contribution is -2.09. The summed E-state index contributed by atoms with van der Waals surface area (Å²) in [5.41, 5.74) is 0.486. The highest BCUT2D eigenvalue weighted by Crippen LogP contribution is 2.25. The van der Waals surface area contributed by atoms with Crippen molar-refractivity contribution >= 4 is 6.29 Å². The average molecular weight is 165 g/mol. The van der Waals surface area contributed by atoms with Crippen molar-refractivity contribution in [3.05, 3.63) is 23.2 Å². The topological polar surface area (TPSA) is 30.2 Å². The van der Waals surface area contributed by atoms with Crippen LogP contribution in [0, 0.1) is 6.92 Å². The highest BCUT2D eigenvalue weighted by atomic mass is 16.3. The van der Waals surface area contributed by atoms with Gasteiger partial charge in [-0.3, -0.25) is 4.79 Å². The summed E-state index contributed by atoms with van der Waals surface area (Å²) in [7, 11) is 0. The van der Waals surface area contributed by atoms with E-state index in [1.54, 1.807) is 13.0 Å². The van der Waals surface area contributed by atoms with E-state index in [0.29, 0.717) is 11.3 Å². The largest absolute Gasteiger partial charge is 0.465 e. The lowest BCUT2D eigenvalue weighted by Gasteiger charge is -2.13. The van der Waals surface area contributed by atoms with E-state index in [2.05, 4.69) is 0 Å². The molecule has 0 N–H and O–H groups in total. The molecule has 0 unspecified atom stereocenters. The Kier molecular flexibility index (Phi) is 2.09. The molecule has 0 saturated carbocycles. The van der Waals surface area contributed by atoms with Gasteiger partial charge in [-0.1, -0.05) is 20.8 Å². The fourth-order valence-corrected chi connectivity index (χ4v) is 0.953. The van der Waals surface area contributed by atoms with E-state index in [4.69, 9.17) is 4.42 Å². The highest BCUT2D eigenvalue weighted by Gasteiger charge is 2.19. The van der Waals surface area contributed by atoms with Crippen molar-refractivity contribution in [1.82, 2.24) is 0 Å². The summed E-state index contributed by atoms with van der Waals surface area (Å²) < 4.78 is 5.41. The molecule has 0 fully saturated rings. The second-order valence-corrected chi connectivity index (χ2v) is 3.93. The monoisotopic (exact) mass is 165 g/mol. The third kappa shape index (κ3) is 1.58. The molecule has 1 aromatic heterocycles. The molecule has 1 radical (unpaired) electrons. The van der Waals surface area contributed by atoms with Gasteiger partial charge in [-0.25, -0.2) is 0 Å². The van der Waals surface area contributed by atoms with Crippen molar-refractivity contribution in [2.75, 3.05) is 0 Å². The molecule has 65 valence electrons. The quantitative estimate of drug-likeness (QED) is 0.639. The van der Waals surface area contributed by atoms with Crippen molar-refractivity contribution in [2.45, 2.75) is 33.1 Å². The molecule has 0 atom stereocenters. The zero-order valence-corrected chi connectivity index (χ0v) is 7.89. The van der Waals surface area contributed by atoms with E-state index in [-0.39, 0.29) is 5.41 Å². The SMILES string of the molecule is Cc1oc(C(C)(C)C)cc1[C]=O. The summed E-state index contributed by atoms with van der Waals surface area (Å²) >= 11 is 0. The van der Waals surface area contributed by atoms with E-state index in [0.717, 1.165) is 5.76 Å². The van der Waals surface area contributed by atoms with Crippen LogP contribution in [0.3, 0.4) is 0 Å². The van der Waals surface area contributed by atoms with Gasteiger partial charge in [-0.05, 0) is 13.0 Å². The molecule has 0 amide bonds. The van der Waals surface area contributed by atoms with Gasteiger partial charge in [0.1, 0.15) is 11.5 Å². The predicted octanol–water partition coefficient (Wildman–Crippen LogP) is 2.34. The first kappa shape index (κ1) is 9.04. The van der Waals surface area contributed by atoms with Crippen LogP contribution in [0.1, 0.15) is 37.9 Å². The van der Waals surface area contributed by atoms with Gasteiger partial charge in [0.05, 0.1) is 5.56 Å². The normalized spacial score (nSPS) is 11.7. The Morgan fingerprint density at radius 1 is 1.42 bits per heavy atom. The van der Waals surface area contributed by atoms with Crippen LogP contribution < -0.4 is 0 Å². The van der Waals surface area contributed by atoms with Crippen LogP contribution in [-0.2, 0) is 10.2 Å². The van der Waals surface area contributed by atoms with Crippen molar-refractivity contribution in [3.63, 3.8) is 0 Å². The van der Waals surface area contributed by atoms with Crippen LogP contribution in [-0.4, -0.2) is 6.29 Å². The van der Waals surface area contributed by atoms with Gasteiger partial charge in [0.25, 0.3) is 0 Å². The van der Waals surface area contributed by atoms with Crippen LogP contribution in [0.5, 0.6) is 0 Å². The van der Waals surface area contributed by atoms with Gasteiger partial charge in [0, 0.05) is 5.41 Å². The first-order valence-corrected chi connectivity index (χ1v) is 3.94. The van der Waals surface area contributed by atoms with Crippen LogP contribution in [0.15, 0.2) is 10.5 Å². The lowest BCUT2D eigenvalue weighted by molar-refractivity contribution is 0.395. The molecular weight excluding hydrogens is 152 g/mol. The minimum atomic E-state index is -0.0418. The molecule has 0 aromatic carbocycles. The van der Waals surface area contributed by atoms with E-state index in [9.17, 15) is 4.79 Å². The summed E-state index contributed by atoms with van der Waals surface area (Å²) in [4.78, 5) is 10.4. The fraction of sp³-hybridized carbons (Fsp3) is 0.500. The first-order valence-electron chi connectivity index (χ1n) is 3.94. The van der Waals surface area contributed by atoms with E-state index in [1.165, 1.54) is 0 Å². The first-order chi connectivity index (χ1) is 5.45.